The average Bonchev–Trinajstić information content (AvgIpc) is 3.40. The first-order chi connectivity index (χ1) is 13.6. The summed E-state index contributed by atoms with van der Waals surface area (Å²) in [6, 6.07) is 10.3. The Morgan fingerprint density at radius 1 is 1.00 bits per heavy atom. The van der Waals surface area contributed by atoms with Crippen molar-refractivity contribution < 1.29 is 0 Å². The Balaban J connectivity index is 1.94. The molecule has 0 N–H and O–H groups in total. The van der Waals surface area contributed by atoms with Crippen LogP contribution < -0.4 is 0 Å². The van der Waals surface area contributed by atoms with Gasteiger partial charge in [-0.3, -0.25) is 4.68 Å². The maximum Gasteiger partial charge on any atom is 0.158 e. The van der Waals surface area contributed by atoms with E-state index in [0.717, 1.165) is 35.0 Å². The maximum atomic E-state index is 4.80. The molecule has 0 aliphatic rings. The summed E-state index contributed by atoms with van der Waals surface area (Å²) in [5.41, 5.74) is 2.98. The first-order valence-corrected chi connectivity index (χ1v) is 9.50. The first kappa shape index (κ1) is 18.2. The van der Waals surface area contributed by atoms with Crippen LogP contribution in [0.3, 0.4) is 0 Å². The van der Waals surface area contributed by atoms with Crippen LogP contribution in [0.25, 0.3) is 22.8 Å². The van der Waals surface area contributed by atoms with Crippen molar-refractivity contribution in [3.8, 4) is 22.8 Å². The van der Waals surface area contributed by atoms with Gasteiger partial charge in [-0.05, 0) is 12.3 Å². The van der Waals surface area contributed by atoms with Crippen molar-refractivity contribution in [2.45, 2.75) is 26.3 Å². The summed E-state index contributed by atoms with van der Waals surface area (Å²) in [5.74, 6) is 2.28. The molecule has 0 saturated heterocycles. The van der Waals surface area contributed by atoms with E-state index in [9.17, 15) is 0 Å². The molecule has 0 fully saturated rings. The van der Waals surface area contributed by atoms with Gasteiger partial charge in [0.05, 0.1) is 18.1 Å². The number of aromatic nitrogens is 7. The zero-order valence-corrected chi connectivity index (χ0v) is 16.7. The molecule has 0 unspecified atom stereocenters. The fourth-order valence-electron chi connectivity index (χ4n) is 3.62. The van der Waals surface area contributed by atoms with Crippen molar-refractivity contribution in [1.29, 1.82) is 0 Å². The van der Waals surface area contributed by atoms with Crippen LogP contribution in [0.4, 0.5) is 0 Å². The molecule has 0 aliphatic carbocycles. The van der Waals surface area contributed by atoms with Crippen LogP contribution in [-0.4, -0.2) is 33.9 Å². The van der Waals surface area contributed by atoms with Crippen molar-refractivity contribution >= 4 is 0 Å². The summed E-state index contributed by atoms with van der Waals surface area (Å²) in [6.07, 6.45) is 8.23. The molecule has 3 aromatic heterocycles. The summed E-state index contributed by atoms with van der Waals surface area (Å²) >= 11 is 0. The number of hydrogen-bond acceptors (Lipinski definition) is 4. The van der Waals surface area contributed by atoms with Gasteiger partial charge in [-0.2, -0.15) is 5.10 Å². The highest BCUT2D eigenvalue weighted by Gasteiger charge is 2.27. The molecular weight excluding hydrogens is 350 g/mol. The predicted molar refractivity (Wildman–Crippen MR) is 108 cm³/mol. The quantitative estimate of drug-likeness (QED) is 0.515. The van der Waals surface area contributed by atoms with E-state index in [1.54, 1.807) is 6.33 Å². The third-order valence-electron chi connectivity index (χ3n) is 4.95. The molecule has 3 heterocycles. The summed E-state index contributed by atoms with van der Waals surface area (Å²) in [6.45, 7) is 4.44. The van der Waals surface area contributed by atoms with Crippen LogP contribution in [0, 0.1) is 5.92 Å². The summed E-state index contributed by atoms with van der Waals surface area (Å²) in [5, 5.41) is 4.30. The molecule has 4 aromatic rings. The summed E-state index contributed by atoms with van der Waals surface area (Å²) in [4.78, 5) is 14.0. The topological polar surface area (TPSA) is 66.3 Å². The lowest BCUT2D eigenvalue weighted by Gasteiger charge is -2.22. The Morgan fingerprint density at radius 3 is 2.39 bits per heavy atom. The van der Waals surface area contributed by atoms with Gasteiger partial charge in [-0.1, -0.05) is 44.2 Å². The van der Waals surface area contributed by atoms with Gasteiger partial charge in [0.2, 0.25) is 0 Å². The predicted octanol–water partition coefficient (Wildman–Crippen LogP) is 3.71. The largest absolute Gasteiger partial charge is 0.333 e. The maximum absolute atomic E-state index is 4.80. The summed E-state index contributed by atoms with van der Waals surface area (Å²) in [7, 11) is 3.94. The molecule has 4 rings (SSSR count). The van der Waals surface area contributed by atoms with Crippen LogP contribution in [-0.2, 0) is 14.1 Å². The minimum atomic E-state index is 0.0177. The standard InChI is InChI=1S/C21H25N7/c1-15(2)12-17(20-23-13-25-27(20)4)28-14-24-18(16-8-6-5-7-9-16)19(28)21-22-10-11-26(21)3/h5-11,13-15,17H,12H2,1-4H3/t17-/m0/s1. The SMILES string of the molecule is CC(C)C[C@@H](c1ncnn1C)n1cnc(-c2ccccc2)c1-c1nccn1C. The molecular formula is C21H25N7. The molecule has 0 radical (unpaired) electrons. The van der Waals surface area contributed by atoms with Crippen LogP contribution in [0.5, 0.6) is 0 Å². The van der Waals surface area contributed by atoms with E-state index in [1.165, 1.54) is 0 Å². The van der Waals surface area contributed by atoms with Crippen LogP contribution in [0.15, 0.2) is 55.4 Å². The van der Waals surface area contributed by atoms with Crippen LogP contribution in [0.1, 0.15) is 32.1 Å². The molecule has 0 spiro atoms. The Hall–Kier alpha value is -3.22. The van der Waals surface area contributed by atoms with Gasteiger partial charge in [-0.25, -0.2) is 15.0 Å². The first-order valence-electron chi connectivity index (χ1n) is 9.50. The lowest BCUT2D eigenvalue weighted by molar-refractivity contribution is 0.423. The monoisotopic (exact) mass is 375 g/mol. The van der Waals surface area contributed by atoms with Crippen molar-refractivity contribution in [1.82, 2.24) is 33.9 Å². The number of benzene rings is 1. The Morgan fingerprint density at radius 2 is 1.79 bits per heavy atom. The van der Waals surface area contributed by atoms with E-state index in [1.807, 2.05) is 60.3 Å². The number of hydrogen-bond donors (Lipinski definition) is 0. The van der Waals surface area contributed by atoms with Gasteiger partial charge in [-0.15, -0.1) is 0 Å². The van der Waals surface area contributed by atoms with E-state index in [2.05, 4.69) is 45.6 Å². The normalized spacial score (nSPS) is 12.6. The van der Waals surface area contributed by atoms with Crippen molar-refractivity contribution in [3.63, 3.8) is 0 Å². The van der Waals surface area contributed by atoms with E-state index >= 15 is 0 Å². The molecule has 28 heavy (non-hydrogen) atoms. The molecule has 7 nitrogen and oxygen atoms in total. The lowest BCUT2D eigenvalue weighted by atomic mass is 10.0. The van der Waals surface area contributed by atoms with Crippen LogP contribution in [0.2, 0.25) is 0 Å². The number of nitrogens with zero attached hydrogens (tertiary/aromatic N) is 7. The molecule has 1 aromatic carbocycles. The highest BCUT2D eigenvalue weighted by atomic mass is 15.3. The van der Waals surface area contributed by atoms with Crippen molar-refractivity contribution in [2.24, 2.45) is 20.0 Å². The lowest BCUT2D eigenvalue weighted by Crippen LogP contribution is -2.18. The minimum absolute atomic E-state index is 0.0177. The zero-order chi connectivity index (χ0) is 19.7. The Bertz CT molecular complexity index is 1060. The van der Waals surface area contributed by atoms with E-state index < -0.39 is 0 Å². The number of imidazole rings is 2. The zero-order valence-electron chi connectivity index (χ0n) is 16.7. The average molecular weight is 375 g/mol. The van der Waals surface area contributed by atoms with Crippen molar-refractivity contribution in [2.75, 3.05) is 0 Å². The Kier molecular flexibility index (Phi) is 4.81. The number of aryl methyl sites for hydroxylation is 2. The number of rotatable bonds is 6. The molecule has 0 aliphatic heterocycles. The van der Waals surface area contributed by atoms with Gasteiger partial charge < -0.3 is 9.13 Å². The summed E-state index contributed by atoms with van der Waals surface area (Å²) < 4.78 is 6.08. The van der Waals surface area contributed by atoms with Crippen molar-refractivity contribution in [3.05, 3.63) is 61.2 Å². The minimum Gasteiger partial charge on any atom is -0.333 e. The van der Waals surface area contributed by atoms with E-state index in [4.69, 9.17) is 4.98 Å². The molecule has 0 amide bonds. The van der Waals surface area contributed by atoms with Gasteiger partial charge in [0.15, 0.2) is 5.82 Å². The Labute approximate surface area is 164 Å². The fourth-order valence-corrected chi connectivity index (χ4v) is 3.62. The fraction of sp³-hybridized carbons (Fsp3) is 0.333. The third-order valence-corrected chi connectivity index (χ3v) is 4.95. The highest BCUT2D eigenvalue weighted by Crippen LogP contribution is 2.35. The molecule has 1 atom stereocenters. The van der Waals surface area contributed by atoms with Crippen LogP contribution >= 0.6 is 0 Å². The van der Waals surface area contributed by atoms with Gasteiger partial charge in [0.1, 0.15) is 17.8 Å². The molecule has 0 saturated carbocycles. The molecule has 7 heteroatoms. The second-order valence-electron chi connectivity index (χ2n) is 7.46. The molecule has 144 valence electrons. The third kappa shape index (κ3) is 3.24. The van der Waals surface area contributed by atoms with Gasteiger partial charge >= 0.3 is 0 Å². The van der Waals surface area contributed by atoms with Gasteiger partial charge in [0.25, 0.3) is 0 Å². The highest BCUT2D eigenvalue weighted by molar-refractivity contribution is 5.75. The van der Waals surface area contributed by atoms with E-state index in [-0.39, 0.29) is 6.04 Å². The van der Waals surface area contributed by atoms with E-state index in [0.29, 0.717) is 5.92 Å². The molecule has 0 bridgehead atoms. The van der Waals surface area contributed by atoms with Gasteiger partial charge in [0, 0.05) is 32.1 Å². The smallest absolute Gasteiger partial charge is 0.158 e. The second kappa shape index (κ2) is 7.42. The second-order valence-corrected chi connectivity index (χ2v) is 7.46.